The fraction of sp³-hybridized carbons (Fsp3) is 0.400. The van der Waals surface area contributed by atoms with Crippen molar-refractivity contribution in [2.24, 2.45) is 0 Å². The lowest BCUT2D eigenvalue weighted by Gasteiger charge is -2.18. The Morgan fingerprint density at radius 3 is 2.83 bits per heavy atom. The van der Waals surface area contributed by atoms with E-state index in [2.05, 4.69) is 20.9 Å². The minimum absolute atomic E-state index is 0.0783. The van der Waals surface area contributed by atoms with Gasteiger partial charge in [-0.15, -0.1) is 0 Å². The maximum Gasteiger partial charge on any atom is 0.303 e. The van der Waals surface area contributed by atoms with Gasteiger partial charge in [0, 0.05) is 26.1 Å². The van der Waals surface area contributed by atoms with E-state index in [1.54, 1.807) is 11.9 Å². The molecule has 0 atom stereocenters. The first-order valence-corrected chi connectivity index (χ1v) is 5.94. The molecule has 1 aromatic rings. The molecular weight excluding hydrogens is 306 g/mol. The van der Waals surface area contributed by atoms with E-state index in [9.17, 15) is 14.9 Å². The second kappa shape index (κ2) is 6.29. The maximum atomic E-state index is 10.5. The number of aliphatic carboxylic acids is 1. The molecule has 0 fully saturated rings. The van der Waals surface area contributed by atoms with Gasteiger partial charge in [-0.05, 0) is 22.4 Å². The highest BCUT2D eigenvalue weighted by Crippen LogP contribution is 2.26. The predicted molar refractivity (Wildman–Crippen MR) is 68.7 cm³/mol. The summed E-state index contributed by atoms with van der Waals surface area (Å²) in [6, 6.07) is 1.37. The number of hydrogen-bond donors (Lipinski definition) is 1. The van der Waals surface area contributed by atoms with Crippen molar-refractivity contribution in [3.05, 3.63) is 26.9 Å². The summed E-state index contributed by atoms with van der Waals surface area (Å²) in [5.41, 5.74) is -0.0930. The highest BCUT2D eigenvalue weighted by atomic mass is 79.9. The maximum absolute atomic E-state index is 10.5. The fourth-order valence-electron chi connectivity index (χ4n) is 1.37. The molecule has 0 spiro atoms. The molecule has 0 amide bonds. The van der Waals surface area contributed by atoms with E-state index in [0.29, 0.717) is 23.3 Å². The summed E-state index contributed by atoms with van der Waals surface area (Å²) < 4.78 is 0.509. The molecule has 0 aromatic carbocycles. The molecule has 18 heavy (non-hydrogen) atoms. The summed E-state index contributed by atoms with van der Waals surface area (Å²) in [7, 11) is 1.75. The van der Waals surface area contributed by atoms with Crippen LogP contribution in [0.2, 0.25) is 0 Å². The zero-order chi connectivity index (χ0) is 13.7. The van der Waals surface area contributed by atoms with Crippen molar-refractivity contribution in [1.82, 2.24) is 4.98 Å². The summed E-state index contributed by atoms with van der Waals surface area (Å²) in [6.07, 6.45) is 1.74. The number of aromatic nitrogens is 1. The Kier molecular flexibility index (Phi) is 5.02. The van der Waals surface area contributed by atoms with Gasteiger partial charge in [-0.3, -0.25) is 14.9 Å². The van der Waals surface area contributed by atoms with Gasteiger partial charge in [0.2, 0.25) is 0 Å². The van der Waals surface area contributed by atoms with E-state index >= 15 is 0 Å². The third-order valence-corrected chi connectivity index (χ3v) is 2.85. The first-order valence-electron chi connectivity index (χ1n) is 5.14. The molecule has 7 nitrogen and oxygen atoms in total. The van der Waals surface area contributed by atoms with Crippen LogP contribution in [0.5, 0.6) is 0 Å². The van der Waals surface area contributed by atoms with E-state index in [0.717, 1.165) is 0 Å². The molecule has 0 saturated carbocycles. The second-order valence-corrected chi connectivity index (χ2v) is 4.53. The first kappa shape index (κ1) is 14.4. The zero-order valence-electron chi connectivity index (χ0n) is 9.67. The SMILES string of the molecule is CN(CCCC(=O)O)c1ncc([N+](=O)[O-])cc1Br. The van der Waals surface area contributed by atoms with Crippen LogP contribution in [0.25, 0.3) is 0 Å². The van der Waals surface area contributed by atoms with Gasteiger partial charge in [-0.1, -0.05) is 0 Å². The fourth-order valence-corrected chi connectivity index (χ4v) is 2.01. The Labute approximate surface area is 112 Å². The zero-order valence-corrected chi connectivity index (χ0v) is 11.3. The van der Waals surface area contributed by atoms with Crippen molar-refractivity contribution in [2.45, 2.75) is 12.8 Å². The number of carboxylic acids is 1. The Hall–Kier alpha value is -1.70. The highest BCUT2D eigenvalue weighted by Gasteiger charge is 2.13. The number of pyridine rings is 1. The molecule has 1 N–H and O–H groups in total. The molecule has 1 rings (SSSR count). The number of nitrogens with zero attached hydrogens (tertiary/aromatic N) is 3. The van der Waals surface area contributed by atoms with Gasteiger partial charge in [-0.25, -0.2) is 4.98 Å². The number of anilines is 1. The monoisotopic (exact) mass is 317 g/mol. The Morgan fingerprint density at radius 2 is 2.33 bits per heavy atom. The number of carbonyl (C=O) groups is 1. The minimum Gasteiger partial charge on any atom is -0.481 e. The third kappa shape index (κ3) is 3.95. The molecule has 0 aliphatic carbocycles. The van der Waals surface area contributed by atoms with Crippen LogP contribution in [-0.4, -0.2) is 34.6 Å². The summed E-state index contributed by atoms with van der Waals surface area (Å²) >= 11 is 3.21. The Bertz CT molecular complexity index is 466. The van der Waals surface area contributed by atoms with Crippen molar-refractivity contribution in [3.63, 3.8) is 0 Å². The summed E-state index contributed by atoms with van der Waals surface area (Å²) in [4.78, 5) is 26.1. The van der Waals surface area contributed by atoms with Gasteiger partial charge >= 0.3 is 5.97 Å². The topological polar surface area (TPSA) is 96.6 Å². The average Bonchev–Trinajstić information content (AvgIpc) is 2.27. The van der Waals surface area contributed by atoms with E-state index in [1.165, 1.54) is 12.3 Å². The van der Waals surface area contributed by atoms with Crippen LogP contribution < -0.4 is 4.90 Å². The van der Waals surface area contributed by atoms with Gasteiger partial charge in [0.25, 0.3) is 5.69 Å². The number of hydrogen-bond acceptors (Lipinski definition) is 5. The lowest BCUT2D eigenvalue weighted by molar-refractivity contribution is -0.385. The second-order valence-electron chi connectivity index (χ2n) is 3.67. The molecule has 0 radical (unpaired) electrons. The van der Waals surface area contributed by atoms with Crippen molar-refractivity contribution in [3.8, 4) is 0 Å². The normalized spacial score (nSPS) is 10.1. The number of halogens is 1. The van der Waals surface area contributed by atoms with E-state index in [1.807, 2.05) is 0 Å². The molecule has 0 unspecified atom stereocenters. The van der Waals surface area contributed by atoms with E-state index in [-0.39, 0.29) is 12.1 Å². The van der Waals surface area contributed by atoms with E-state index in [4.69, 9.17) is 5.11 Å². The molecule has 1 aromatic heterocycles. The van der Waals surface area contributed by atoms with Gasteiger partial charge < -0.3 is 10.0 Å². The van der Waals surface area contributed by atoms with Crippen molar-refractivity contribution >= 4 is 33.4 Å². The standard InChI is InChI=1S/C10H12BrN3O4/c1-13(4-2-3-9(15)16)10-8(11)5-7(6-12-10)14(17)18/h5-6H,2-4H2,1H3,(H,15,16). The average molecular weight is 318 g/mol. The molecule has 0 aliphatic rings. The van der Waals surface area contributed by atoms with Crippen LogP contribution in [0, 0.1) is 10.1 Å². The molecule has 8 heteroatoms. The summed E-state index contributed by atoms with van der Waals surface area (Å²) in [5.74, 6) is -0.301. The largest absolute Gasteiger partial charge is 0.481 e. The number of rotatable bonds is 6. The molecule has 1 heterocycles. The number of nitro groups is 1. The van der Waals surface area contributed by atoms with Crippen LogP contribution in [-0.2, 0) is 4.79 Å². The van der Waals surface area contributed by atoms with Crippen molar-refractivity contribution in [1.29, 1.82) is 0 Å². The van der Waals surface area contributed by atoms with Crippen LogP contribution in [0.3, 0.4) is 0 Å². The number of carboxylic acid groups (broad SMARTS) is 1. The third-order valence-electron chi connectivity index (χ3n) is 2.26. The van der Waals surface area contributed by atoms with Gasteiger partial charge in [0.05, 0.1) is 9.40 Å². The minimum atomic E-state index is -0.848. The van der Waals surface area contributed by atoms with Gasteiger partial charge in [0.15, 0.2) is 0 Å². The van der Waals surface area contributed by atoms with Gasteiger partial charge in [-0.2, -0.15) is 0 Å². The smallest absolute Gasteiger partial charge is 0.303 e. The van der Waals surface area contributed by atoms with Gasteiger partial charge in [0.1, 0.15) is 12.0 Å². The molecule has 98 valence electrons. The predicted octanol–water partition coefficient (Wildman–Crippen LogP) is 2.05. The van der Waals surface area contributed by atoms with Crippen LogP contribution in [0.4, 0.5) is 11.5 Å². The van der Waals surface area contributed by atoms with Crippen LogP contribution in [0.15, 0.2) is 16.7 Å². The van der Waals surface area contributed by atoms with Crippen molar-refractivity contribution in [2.75, 3.05) is 18.5 Å². The van der Waals surface area contributed by atoms with E-state index < -0.39 is 10.9 Å². The molecular formula is C10H12BrN3O4. The molecule has 0 bridgehead atoms. The van der Waals surface area contributed by atoms with Crippen LogP contribution >= 0.6 is 15.9 Å². The first-order chi connectivity index (χ1) is 8.41. The molecule has 0 aliphatic heterocycles. The van der Waals surface area contributed by atoms with Crippen molar-refractivity contribution < 1.29 is 14.8 Å². The Balaban J connectivity index is 2.71. The quantitative estimate of drug-likeness (QED) is 0.637. The Morgan fingerprint density at radius 1 is 1.67 bits per heavy atom. The van der Waals surface area contributed by atoms with Crippen LogP contribution in [0.1, 0.15) is 12.8 Å². The highest BCUT2D eigenvalue weighted by molar-refractivity contribution is 9.10. The summed E-state index contributed by atoms with van der Waals surface area (Å²) in [6.45, 7) is 0.510. The lowest BCUT2D eigenvalue weighted by Crippen LogP contribution is -2.21. The summed E-state index contributed by atoms with van der Waals surface area (Å²) in [5, 5.41) is 19.1. The molecule has 0 saturated heterocycles. The lowest BCUT2D eigenvalue weighted by atomic mass is 10.3.